The van der Waals surface area contributed by atoms with Gasteiger partial charge in [0.05, 0.1) is 5.69 Å². The molecule has 2 aromatic rings. The van der Waals surface area contributed by atoms with Gasteiger partial charge in [-0.25, -0.2) is 14.6 Å². The van der Waals surface area contributed by atoms with Crippen molar-refractivity contribution in [2.45, 2.75) is 25.7 Å². The number of benzene rings is 1. The molecule has 1 N–H and O–H groups in total. The molecule has 1 atom stereocenters. The number of hydrogen-bond acceptors (Lipinski definition) is 3. The van der Waals surface area contributed by atoms with Crippen molar-refractivity contribution in [1.29, 1.82) is 0 Å². The first kappa shape index (κ1) is 21.4. The molecule has 0 fully saturated rings. The van der Waals surface area contributed by atoms with Crippen molar-refractivity contribution < 1.29 is 4.21 Å². The number of allylic oxidation sites excluding steroid dienone is 3. The second-order valence-electron chi connectivity index (χ2n) is 4.52. The number of terminal acetylenes is 1. The number of H-pyrrole nitrogens is 1. The smallest absolute Gasteiger partial charge is 0.255 e. The Hall–Kier alpha value is -2.65. The normalized spacial score (nSPS) is 11.3. The summed E-state index contributed by atoms with van der Waals surface area (Å²) < 4.78 is 13.0. The summed E-state index contributed by atoms with van der Waals surface area (Å²) in [5.74, 6) is 0.581. The summed E-state index contributed by atoms with van der Waals surface area (Å²) in [4.78, 5) is 16.1. The van der Waals surface area contributed by atoms with Gasteiger partial charge in [-0.2, -0.15) is 4.98 Å². The quantitative estimate of drug-likeness (QED) is 0.686. The first-order valence-electron chi connectivity index (χ1n) is 7.11. The van der Waals surface area contributed by atoms with Crippen LogP contribution in [0, 0.1) is 12.8 Å². The van der Waals surface area contributed by atoms with Crippen LogP contribution in [0.25, 0.3) is 11.3 Å². The topological polar surface area (TPSA) is 67.8 Å². The Morgan fingerprint density at radius 1 is 1.29 bits per heavy atom. The second kappa shape index (κ2) is 11.0. The molecule has 1 heterocycles. The number of hydrogen-bond donors (Lipinski definition) is 1. The van der Waals surface area contributed by atoms with Gasteiger partial charge < -0.3 is 0 Å². The average Bonchev–Trinajstić information content (AvgIpc) is 2.98. The molecule has 0 aliphatic rings. The fraction of sp³-hybridized carbons (Fsp3) is 0.222. The lowest BCUT2D eigenvalue weighted by atomic mass is 10.2. The van der Waals surface area contributed by atoms with Crippen LogP contribution in [0.4, 0.5) is 0 Å². The largest absolute Gasteiger partial charge is 0.362 e. The van der Waals surface area contributed by atoms with Crippen LogP contribution in [0.1, 0.15) is 26.6 Å². The lowest BCUT2D eigenvalue weighted by molar-refractivity contribution is 0.686. The van der Waals surface area contributed by atoms with Crippen LogP contribution >= 0.6 is 0 Å². The van der Waals surface area contributed by atoms with Crippen molar-refractivity contribution in [2.24, 2.45) is 0 Å². The Bertz CT molecular complexity index is 781. The van der Waals surface area contributed by atoms with E-state index in [0.29, 0.717) is 5.82 Å². The van der Waals surface area contributed by atoms with Crippen LogP contribution in [0.5, 0.6) is 0 Å². The number of aromatic amines is 1. The van der Waals surface area contributed by atoms with Crippen molar-refractivity contribution >= 4 is 16.4 Å². The summed E-state index contributed by atoms with van der Waals surface area (Å²) in [6, 6.07) is 7.17. The van der Waals surface area contributed by atoms with Gasteiger partial charge in [0.15, 0.2) is 5.82 Å². The predicted octanol–water partition coefficient (Wildman–Crippen LogP) is 3.16. The minimum atomic E-state index is -1.01. The van der Waals surface area contributed by atoms with Crippen LogP contribution in [0.2, 0.25) is 0 Å². The van der Waals surface area contributed by atoms with Gasteiger partial charge in [-0.1, -0.05) is 12.2 Å². The van der Waals surface area contributed by atoms with Crippen molar-refractivity contribution in [3.8, 4) is 18.5 Å². The maximum Gasteiger partial charge on any atom is 0.362 e. The predicted molar refractivity (Wildman–Crippen MR) is 102 cm³/mol. The minimum Gasteiger partial charge on any atom is -0.255 e. The van der Waals surface area contributed by atoms with Crippen molar-refractivity contribution in [3.05, 3.63) is 59.3 Å². The van der Waals surface area contributed by atoms with Crippen molar-refractivity contribution in [2.75, 3.05) is 6.26 Å². The lowest BCUT2D eigenvalue weighted by Gasteiger charge is -2.07. The summed E-state index contributed by atoms with van der Waals surface area (Å²) in [5, 5.41) is 2.66. The second-order valence-corrected chi connectivity index (χ2v) is 5.90. The molecule has 1 aromatic heterocycles. The van der Waals surface area contributed by atoms with Gasteiger partial charge in [-0.3, -0.25) is 4.21 Å². The van der Waals surface area contributed by atoms with Crippen LogP contribution in [0.3, 0.4) is 0 Å². The fourth-order valence-corrected chi connectivity index (χ4v) is 2.21. The Morgan fingerprint density at radius 3 is 2.21 bits per heavy atom. The summed E-state index contributed by atoms with van der Waals surface area (Å²) in [6.07, 6.45) is 13.3. The van der Waals surface area contributed by atoms with Gasteiger partial charge in [-0.15, -0.1) is 19.4 Å². The zero-order chi connectivity index (χ0) is 18.7. The molecular formula is C18H23N3O2S. The Morgan fingerprint density at radius 2 is 1.79 bits per heavy atom. The van der Waals surface area contributed by atoms with Gasteiger partial charge in [0.1, 0.15) is 0 Å². The molecule has 0 radical (unpaired) electrons. The summed E-state index contributed by atoms with van der Waals surface area (Å²) >= 11 is 0. The van der Waals surface area contributed by atoms with Crippen LogP contribution in [-0.4, -0.2) is 25.2 Å². The van der Waals surface area contributed by atoms with Crippen LogP contribution in [0.15, 0.2) is 52.7 Å². The number of aromatic nitrogens is 3. The standard InChI is InChI=1S/C13H15N3O2S.C3H6.C2H2/c1-4-9(2)12-14-13(17)15-16(12)10-5-7-11(8-6-10)19(3)18;1-3-2;1-2/h4-8H,1-3H3,(H,15,17);3H,1H2,2H3;1-2H/b9-4+;;. The molecule has 0 aliphatic heterocycles. The average molecular weight is 345 g/mol. The number of nitrogens with zero attached hydrogens (tertiary/aromatic N) is 2. The van der Waals surface area contributed by atoms with E-state index in [1.807, 2.05) is 26.8 Å². The first-order chi connectivity index (χ1) is 11.4. The highest BCUT2D eigenvalue weighted by Crippen LogP contribution is 2.16. The molecule has 1 unspecified atom stereocenters. The summed E-state index contributed by atoms with van der Waals surface area (Å²) in [7, 11) is -1.01. The Labute approximate surface area is 145 Å². The van der Waals surface area contributed by atoms with E-state index in [-0.39, 0.29) is 5.69 Å². The Balaban J connectivity index is 0.000000952. The number of nitrogens with one attached hydrogen (secondary N) is 1. The monoisotopic (exact) mass is 345 g/mol. The molecule has 128 valence electrons. The van der Waals surface area contributed by atoms with E-state index in [2.05, 4.69) is 29.5 Å². The molecule has 0 aliphatic carbocycles. The minimum absolute atomic E-state index is 0.389. The third-order valence-corrected chi connectivity index (χ3v) is 3.78. The van der Waals surface area contributed by atoms with Crippen LogP contribution < -0.4 is 5.69 Å². The highest BCUT2D eigenvalue weighted by molar-refractivity contribution is 7.84. The molecule has 0 spiro atoms. The highest BCUT2D eigenvalue weighted by atomic mass is 32.2. The van der Waals surface area contributed by atoms with Gasteiger partial charge in [0.2, 0.25) is 0 Å². The molecular weight excluding hydrogens is 322 g/mol. The van der Waals surface area contributed by atoms with Gasteiger partial charge in [0.25, 0.3) is 0 Å². The zero-order valence-electron chi connectivity index (χ0n) is 14.4. The Kier molecular flexibility index (Phi) is 9.76. The van der Waals surface area contributed by atoms with E-state index in [1.165, 1.54) is 0 Å². The van der Waals surface area contributed by atoms with Crippen molar-refractivity contribution in [3.63, 3.8) is 0 Å². The lowest BCUT2D eigenvalue weighted by Crippen LogP contribution is -2.05. The third kappa shape index (κ3) is 5.86. The third-order valence-electron chi connectivity index (χ3n) is 2.84. The molecule has 0 saturated heterocycles. The van der Waals surface area contributed by atoms with E-state index >= 15 is 0 Å². The van der Waals surface area contributed by atoms with E-state index < -0.39 is 10.8 Å². The molecule has 6 heteroatoms. The zero-order valence-corrected chi connectivity index (χ0v) is 15.3. The molecule has 24 heavy (non-hydrogen) atoms. The summed E-state index contributed by atoms with van der Waals surface area (Å²) in [6.45, 7) is 9.03. The van der Waals surface area contributed by atoms with E-state index in [0.717, 1.165) is 16.2 Å². The molecule has 5 nitrogen and oxygen atoms in total. The van der Waals surface area contributed by atoms with Crippen LogP contribution in [-0.2, 0) is 10.8 Å². The maximum absolute atomic E-state index is 11.4. The van der Waals surface area contributed by atoms with Gasteiger partial charge in [0, 0.05) is 22.0 Å². The molecule has 0 amide bonds. The highest BCUT2D eigenvalue weighted by Gasteiger charge is 2.09. The van der Waals surface area contributed by atoms with Gasteiger partial charge >= 0.3 is 5.69 Å². The molecule has 1 aromatic carbocycles. The SMILES string of the molecule is C#C.C/C=C(\C)c1nc(=O)[nH]n1-c1ccc(S(C)=O)cc1.C=CC. The first-order valence-corrected chi connectivity index (χ1v) is 8.67. The number of rotatable bonds is 3. The van der Waals surface area contributed by atoms with Gasteiger partial charge in [-0.05, 0) is 50.6 Å². The fourth-order valence-electron chi connectivity index (χ4n) is 1.69. The van der Waals surface area contributed by atoms with Crippen molar-refractivity contribution in [1.82, 2.24) is 14.8 Å². The maximum atomic E-state index is 11.4. The van der Waals surface area contributed by atoms with E-state index in [1.54, 1.807) is 41.3 Å². The van der Waals surface area contributed by atoms with E-state index in [9.17, 15) is 9.00 Å². The molecule has 0 saturated carbocycles. The molecule has 2 rings (SSSR count). The van der Waals surface area contributed by atoms with E-state index in [4.69, 9.17) is 0 Å². The molecule has 0 bridgehead atoms. The summed E-state index contributed by atoms with van der Waals surface area (Å²) in [5.41, 5.74) is 1.29.